The highest BCUT2D eigenvalue weighted by atomic mass is 16.3. The summed E-state index contributed by atoms with van der Waals surface area (Å²) < 4.78 is 0. The quantitative estimate of drug-likeness (QED) is 0.826. The minimum atomic E-state index is 0.317. The van der Waals surface area contributed by atoms with E-state index < -0.39 is 0 Å². The fourth-order valence-corrected chi connectivity index (χ4v) is 1.90. The molecule has 0 bridgehead atoms. The molecule has 2 aromatic carbocycles. The monoisotopic (exact) mass is 251 g/mol. The van der Waals surface area contributed by atoms with Crippen LogP contribution in [-0.2, 0) is 0 Å². The Hall–Kier alpha value is -2.35. The van der Waals surface area contributed by atoms with Gasteiger partial charge in [0.1, 0.15) is 5.75 Å². The maximum atomic E-state index is 9.68. The highest BCUT2D eigenvalue weighted by Crippen LogP contribution is 2.20. The predicted octanol–water partition coefficient (Wildman–Crippen LogP) is 3.83. The van der Waals surface area contributed by atoms with Crippen molar-refractivity contribution in [2.24, 2.45) is 4.99 Å². The van der Waals surface area contributed by atoms with E-state index in [2.05, 4.69) is 4.99 Å². The first kappa shape index (κ1) is 13.1. The SMILES string of the molecule is C/N=C(/C=C\c1cccc(O)c1C)c1ccccc1. The van der Waals surface area contributed by atoms with Crippen LogP contribution in [0.3, 0.4) is 0 Å². The Labute approximate surface area is 113 Å². The van der Waals surface area contributed by atoms with Gasteiger partial charge in [0.05, 0.1) is 5.71 Å². The summed E-state index contributed by atoms with van der Waals surface area (Å²) in [6.45, 7) is 1.90. The van der Waals surface area contributed by atoms with Crippen molar-refractivity contribution in [3.05, 3.63) is 71.3 Å². The number of phenolic OH excluding ortho intramolecular Hbond substituents is 1. The van der Waals surface area contributed by atoms with Gasteiger partial charge in [-0.05, 0) is 35.8 Å². The van der Waals surface area contributed by atoms with E-state index in [0.717, 1.165) is 22.4 Å². The highest BCUT2D eigenvalue weighted by Gasteiger charge is 2.01. The number of allylic oxidation sites excluding steroid dienone is 1. The van der Waals surface area contributed by atoms with Crippen molar-refractivity contribution >= 4 is 11.8 Å². The zero-order chi connectivity index (χ0) is 13.7. The van der Waals surface area contributed by atoms with Crippen LogP contribution in [0.4, 0.5) is 0 Å². The molecule has 19 heavy (non-hydrogen) atoms. The molecule has 2 rings (SSSR count). The normalized spacial score (nSPS) is 12.0. The van der Waals surface area contributed by atoms with Gasteiger partial charge < -0.3 is 5.11 Å². The van der Waals surface area contributed by atoms with Crippen LogP contribution in [0.1, 0.15) is 16.7 Å². The first-order chi connectivity index (χ1) is 9.22. The third-order valence-electron chi connectivity index (χ3n) is 3.08. The van der Waals surface area contributed by atoms with E-state index in [9.17, 15) is 5.11 Å². The Morgan fingerprint density at radius 3 is 2.47 bits per heavy atom. The second kappa shape index (κ2) is 6.01. The molecule has 2 nitrogen and oxygen atoms in total. The van der Waals surface area contributed by atoms with E-state index >= 15 is 0 Å². The molecule has 0 unspecified atom stereocenters. The van der Waals surface area contributed by atoms with Crippen molar-refractivity contribution in [3.8, 4) is 5.75 Å². The Balaban J connectivity index is 2.29. The Kier molecular flexibility index (Phi) is 4.14. The zero-order valence-electron chi connectivity index (χ0n) is 11.2. The summed E-state index contributed by atoms with van der Waals surface area (Å²) in [6, 6.07) is 15.5. The summed E-state index contributed by atoms with van der Waals surface area (Å²) in [6.07, 6.45) is 3.95. The van der Waals surface area contributed by atoms with Crippen LogP contribution in [0.2, 0.25) is 0 Å². The summed E-state index contributed by atoms with van der Waals surface area (Å²) in [5, 5.41) is 9.68. The largest absolute Gasteiger partial charge is 0.508 e. The van der Waals surface area contributed by atoms with Crippen molar-refractivity contribution < 1.29 is 5.11 Å². The molecule has 2 heteroatoms. The van der Waals surface area contributed by atoms with Gasteiger partial charge in [-0.1, -0.05) is 48.5 Å². The molecule has 0 spiro atoms. The summed E-state index contributed by atoms with van der Waals surface area (Å²) >= 11 is 0. The van der Waals surface area contributed by atoms with Crippen LogP contribution in [0.5, 0.6) is 5.75 Å². The van der Waals surface area contributed by atoms with Crippen LogP contribution in [0.25, 0.3) is 6.08 Å². The molecule has 0 atom stereocenters. The lowest BCUT2D eigenvalue weighted by molar-refractivity contribution is 0.471. The lowest BCUT2D eigenvalue weighted by Gasteiger charge is -2.03. The van der Waals surface area contributed by atoms with Crippen LogP contribution in [0.15, 0.2) is 59.6 Å². The summed E-state index contributed by atoms with van der Waals surface area (Å²) in [5.74, 6) is 0.317. The summed E-state index contributed by atoms with van der Waals surface area (Å²) in [7, 11) is 1.78. The van der Waals surface area contributed by atoms with Crippen molar-refractivity contribution in [1.82, 2.24) is 0 Å². The average molecular weight is 251 g/mol. The minimum Gasteiger partial charge on any atom is -0.508 e. The molecule has 0 heterocycles. The maximum Gasteiger partial charge on any atom is 0.119 e. The topological polar surface area (TPSA) is 32.6 Å². The molecule has 0 aliphatic rings. The summed E-state index contributed by atoms with van der Waals surface area (Å²) in [4.78, 5) is 4.29. The molecule has 0 saturated carbocycles. The van der Waals surface area contributed by atoms with E-state index in [-0.39, 0.29) is 0 Å². The van der Waals surface area contributed by atoms with Gasteiger partial charge in [-0.15, -0.1) is 0 Å². The van der Waals surface area contributed by atoms with Crippen molar-refractivity contribution in [2.45, 2.75) is 6.92 Å². The number of aliphatic imine (C=N–C) groups is 1. The number of hydrogen-bond acceptors (Lipinski definition) is 2. The highest BCUT2D eigenvalue weighted by molar-refractivity contribution is 6.10. The van der Waals surface area contributed by atoms with E-state index in [1.807, 2.05) is 61.5 Å². The van der Waals surface area contributed by atoms with Crippen LogP contribution < -0.4 is 0 Å². The number of rotatable bonds is 3. The molecule has 0 fully saturated rings. The minimum absolute atomic E-state index is 0.317. The van der Waals surface area contributed by atoms with Gasteiger partial charge in [0.2, 0.25) is 0 Å². The van der Waals surface area contributed by atoms with Crippen LogP contribution in [-0.4, -0.2) is 17.9 Å². The molecule has 0 radical (unpaired) electrons. The Morgan fingerprint density at radius 2 is 1.79 bits per heavy atom. The van der Waals surface area contributed by atoms with Crippen molar-refractivity contribution in [1.29, 1.82) is 0 Å². The Morgan fingerprint density at radius 1 is 1.05 bits per heavy atom. The number of nitrogens with zero attached hydrogens (tertiary/aromatic N) is 1. The predicted molar refractivity (Wildman–Crippen MR) is 80.8 cm³/mol. The number of aromatic hydroxyl groups is 1. The number of phenols is 1. The van der Waals surface area contributed by atoms with Gasteiger partial charge in [-0.2, -0.15) is 0 Å². The third-order valence-corrected chi connectivity index (χ3v) is 3.08. The molecule has 0 amide bonds. The van der Waals surface area contributed by atoms with Crippen LogP contribution in [0, 0.1) is 6.92 Å². The lowest BCUT2D eigenvalue weighted by Crippen LogP contribution is -1.95. The lowest BCUT2D eigenvalue weighted by atomic mass is 10.0. The molecule has 0 saturated heterocycles. The molecular weight excluding hydrogens is 234 g/mol. The van der Waals surface area contributed by atoms with Crippen molar-refractivity contribution in [3.63, 3.8) is 0 Å². The third kappa shape index (κ3) is 3.10. The van der Waals surface area contributed by atoms with Gasteiger partial charge in [-0.3, -0.25) is 4.99 Å². The fourth-order valence-electron chi connectivity index (χ4n) is 1.90. The van der Waals surface area contributed by atoms with Gasteiger partial charge in [0.15, 0.2) is 0 Å². The smallest absolute Gasteiger partial charge is 0.119 e. The summed E-state index contributed by atoms with van der Waals surface area (Å²) in [5.41, 5.74) is 3.88. The van der Waals surface area contributed by atoms with Crippen molar-refractivity contribution in [2.75, 3.05) is 7.05 Å². The zero-order valence-corrected chi connectivity index (χ0v) is 11.2. The van der Waals surface area contributed by atoms with Gasteiger partial charge in [0.25, 0.3) is 0 Å². The molecule has 96 valence electrons. The first-order valence-corrected chi connectivity index (χ1v) is 6.21. The molecule has 0 aliphatic carbocycles. The molecule has 0 aliphatic heterocycles. The maximum absolute atomic E-state index is 9.68. The van der Waals surface area contributed by atoms with E-state index in [1.165, 1.54) is 0 Å². The second-order valence-electron chi connectivity index (χ2n) is 4.30. The second-order valence-corrected chi connectivity index (χ2v) is 4.30. The van der Waals surface area contributed by atoms with Gasteiger partial charge >= 0.3 is 0 Å². The first-order valence-electron chi connectivity index (χ1n) is 6.21. The molecule has 2 aromatic rings. The number of benzene rings is 2. The fraction of sp³-hybridized carbons (Fsp3) is 0.118. The van der Waals surface area contributed by atoms with E-state index in [0.29, 0.717) is 5.75 Å². The Bertz CT molecular complexity index is 612. The standard InChI is InChI=1S/C17H17NO/c1-13-14(9-6-10-17(13)19)11-12-16(18-2)15-7-4-3-5-8-15/h3-12,19H,1-2H3/b12-11-,18-16-. The molecule has 1 N–H and O–H groups in total. The average Bonchev–Trinajstić information content (AvgIpc) is 2.45. The molecular formula is C17H17NO. The van der Waals surface area contributed by atoms with Gasteiger partial charge in [0, 0.05) is 7.05 Å². The van der Waals surface area contributed by atoms with Gasteiger partial charge in [-0.25, -0.2) is 0 Å². The molecule has 0 aromatic heterocycles. The van der Waals surface area contributed by atoms with E-state index in [1.54, 1.807) is 13.1 Å². The van der Waals surface area contributed by atoms with E-state index in [4.69, 9.17) is 0 Å². The number of hydrogen-bond donors (Lipinski definition) is 1. The van der Waals surface area contributed by atoms with Crippen LogP contribution >= 0.6 is 0 Å².